The van der Waals surface area contributed by atoms with Gasteiger partial charge >= 0.3 is 0 Å². The van der Waals surface area contributed by atoms with Crippen molar-refractivity contribution in [3.63, 3.8) is 0 Å². The van der Waals surface area contributed by atoms with Gasteiger partial charge < -0.3 is 4.74 Å². The molecule has 0 fully saturated rings. The molecular formula is C11H6BrCl3N2O2. The van der Waals surface area contributed by atoms with Crippen LogP contribution in [0.3, 0.4) is 0 Å². The van der Waals surface area contributed by atoms with Crippen LogP contribution in [0.2, 0.25) is 15.1 Å². The zero-order valence-corrected chi connectivity index (χ0v) is 13.1. The Morgan fingerprint density at radius 1 is 1.32 bits per heavy atom. The van der Waals surface area contributed by atoms with Gasteiger partial charge in [0, 0.05) is 11.2 Å². The van der Waals surface area contributed by atoms with Gasteiger partial charge in [0.05, 0.1) is 20.7 Å². The molecule has 1 aromatic carbocycles. The van der Waals surface area contributed by atoms with Crippen molar-refractivity contribution in [3.05, 3.63) is 44.1 Å². The number of halogens is 4. The summed E-state index contributed by atoms with van der Waals surface area (Å²) in [5.74, 6) is -0.139. The Labute approximate surface area is 132 Å². The second-order valence-electron chi connectivity index (χ2n) is 3.48. The second-order valence-corrected chi connectivity index (χ2v) is 5.65. The third kappa shape index (κ3) is 3.63. The first-order valence-corrected chi connectivity index (χ1v) is 6.91. The maximum absolute atomic E-state index is 11.8. The highest BCUT2D eigenvalue weighted by Crippen LogP contribution is 2.35. The summed E-state index contributed by atoms with van der Waals surface area (Å²) in [4.78, 5) is 11.8. The predicted molar refractivity (Wildman–Crippen MR) is 77.5 cm³/mol. The second kappa shape index (κ2) is 6.13. The molecule has 2 aromatic rings. The lowest BCUT2D eigenvalue weighted by Crippen LogP contribution is -2.19. The summed E-state index contributed by atoms with van der Waals surface area (Å²) in [5.41, 5.74) is 0. The van der Waals surface area contributed by atoms with Crippen molar-refractivity contribution in [2.24, 2.45) is 0 Å². The van der Waals surface area contributed by atoms with Crippen molar-refractivity contribution in [2.75, 3.05) is 6.61 Å². The van der Waals surface area contributed by atoms with E-state index in [4.69, 9.17) is 39.5 Å². The molecule has 0 unspecified atom stereocenters. The minimum atomic E-state index is -0.354. The highest BCUT2D eigenvalue weighted by Gasteiger charge is 2.13. The molecule has 0 aliphatic rings. The van der Waals surface area contributed by atoms with Crippen LogP contribution in [0.15, 0.2) is 29.0 Å². The third-order valence-corrected chi connectivity index (χ3v) is 3.30. The van der Waals surface area contributed by atoms with E-state index in [1.807, 2.05) is 0 Å². The smallest absolute Gasteiger partial charge is 0.284 e. The Morgan fingerprint density at radius 2 is 1.95 bits per heavy atom. The topological polar surface area (TPSA) is 44.1 Å². The summed E-state index contributed by atoms with van der Waals surface area (Å²) in [6.45, 7) is -0.241. The van der Waals surface area contributed by atoms with Crippen LogP contribution in [-0.4, -0.2) is 22.3 Å². The van der Waals surface area contributed by atoms with Gasteiger partial charge in [0.15, 0.2) is 12.4 Å². The highest BCUT2D eigenvalue weighted by molar-refractivity contribution is 9.10. The van der Waals surface area contributed by atoms with E-state index in [9.17, 15) is 4.79 Å². The standard InChI is InChI=1S/C11H6BrCl3N2O2/c12-6-3-16-17(4-6)10(18)5-19-11-8(14)1-7(13)2-9(11)15/h1-4H,5H2. The number of ether oxygens (including phenoxy) is 1. The Kier molecular flexibility index (Phi) is 4.73. The summed E-state index contributed by atoms with van der Waals surface area (Å²) in [6.07, 6.45) is 3.02. The van der Waals surface area contributed by atoms with E-state index in [0.717, 1.165) is 4.68 Å². The molecule has 100 valence electrons. The van der Waals surface area contributed by atoms with E-state index in [-0.39, 0.29) is 28.3 Å². The number of benzene rings is 1. The van der Waals surface area contributed by atoms with Crippen LogP contribution in [-0.2, 0) is 0 Å². The van der Waals surface area contributed by atoms with Crippen LogP contribution in [0.5, 0.6) is 5.75 Å². The molecule has 0 aliphatic carbocycles. The molecule has 0 N–H and O–H groups in total. The van der Waals surface area contributed by atoms with Crippen molar-refractivity contribution in [1.29, 1.82) is 0 Å². The Hall–Kier alpha value is -0.750. The first kappa shape index (κ1) is 14.7. The Bertz CT molecular complexity index is 607. The summed E-state index contributed by atoms with van der Waals surface area (Å²) < 4.78 is 7.15. The summed E-state index contributed by atoms with van der Waals surface area (Å²) in [6, 6.07) is 2.97. The first-order chi connectivity index (χ1) is 8.97. The molecule has 0 spiro atoms. The molecule has 0 radical (unpaired) electrons. The van der Waals surface area contributed by atoms with E-state index in [2.05, 4.69) is 21.0 Å². The maximum atomic E-state index is 11.8. The largest absolute Gasteiger partial charge is 0.481 e. The van der Waals surface area contributed by atoms with Crippen molar-refractivity contribution >= 4 is 56.6 Å². The van der Waals surface area contributed by atoms with Crippen molar-refractivity contribution in [3.8, 4) is 5.75 Å². The highest BCUT2D eigenvalue weighted by atomic mass is 79.9. The number of rotatable bonds is 3. The van der Waals surface area contributed by atoms with Gasteiger partial charge in [-0.3, -0.25) is 4.79 Å². The number of hydrogen-bond acceptors (Lipinski definition) is 3. The molecule has 0 atom stereocenters. The number of aromatic nitrogens is 2. The molecule has 0 bridgehead atoms. The SMILES string of the molecule is O=C(COc1c(Cl)cc(Cl)cc1Cl)n1cc(Br)cn1. The van der Waals surface area contributed by atoms with Gasteiger partial charge in [0.1, 0.15) is 0 Å². The zero-order chi connectivity index (χ0) is 14.0. The molecule has 19 heavy (non-hydrogen) atoms. The molecule has 0 saturated heterocycles. The Balaban J connectivity index is 2.09. The van der Waals surface area contributed by atoms with Gasteiger partial charge in [-0.05, 0) is 28.1 Å². The zero-order valence-electron chi connectivity index (χ0n) is 9.24. The minimum absolute atomic E-state index is 0.215. The fourth-order valence-electron chi connectivity index (χ4n) is 1.30. The summed E-state index contributed by atoms with van der Waals surface area (Å²) in [7, 11) is 0. The number of hydrogen-bond donors (Lipinski definition) is 0. The number of carbonyl (C=O) groups excluding carboxylic acids is 1. The van der Waals surface area contributed by atoms with Crippen molar-refractivity contribution in [1.82, 2.24) is 9.78 Å². The molecular weight excluding hydrogens is 378 g/mol. The average Bonchev–Trinajstić information content (AvgIpc) is 2.74. The van der Waals surface area contributed by atoms with Gasteiger partial charge in [-0.1, -0.05) is 34.8 Å². The first-order valence-electron chi connectivity index (χ1n) is 4.98. The Morgan fingerprint density at radius 3 is 2.47 bits per heavy atom. The third-order valence-electron chi connectivity index (χ3n) is 2.11. The molecule has 1 aromatic heterocycles. The van der Waals surface area contributed by atoms with Crippen molar-refractivity contribution < 1.29 is 9.53 Å². The maximum Gasteiger partial charge on any atom is 0.284 e. The normalized spacial score (nSPS) is 10.5. The summed E-state index contributed by atoms with van der Waals surface area (Å²) >= 11 is 20.8. The van der Waals surface area contributed by atoms with Crippen LogP contribution >= 0.6 is 50.7 Å². The van der Waals surface area contributed by atoms with Gasteiger partial charge in [-0.15, -0.1) is 0 Å². The van der Waals surface area contributed by atoms with Crippen molar-refractivity contribution in [2.45, 2.75) is 0 Å². The molecule has 1 heterocycles. The molecule has 0 aliphatic heterocycles. The van der Waals surface area contributed by atoms with Crippen LogP contribution in [0.25, 0.3) is 0 Å². The van der Waals surface area contributed by atoms with E-state index in [1.165, 1.54) is 24.5 Å². The van der Waals surface area contributed by atoms with E-state index < -0.39 is 0 Å². The van der Waals surface area contributed by atoms with E-state index in [0.29, 0.717) is 9.50 Å². The average molecular weight is 384 g/mol. The van der Waals surface area contributed by atoms with Gasteiger partial charge in [-0.2, -0.15) is 5.10 Å². The summed E-state index contributed by atoms with van der Waals surface area (Å²) in [5, 5.41) is 4.72. The molecule has 2 rings (SSSR count). The fourth-order valence-corrected chi connectivity index (χ4v) is 2.52. The van der Waals surface area contributed by atoms with Gasteiger partial charge in [0.25, 0.3) is 5.91 Å². The van der Waals surface area contributed by atoms with E-state index in [1.54, 1.807) is 0 Å². The van der Waals surface area contributed by atoms with Gasteiger partial charge in [-0.25, -0.2) is 4.68 Å². The lowest BCUT2D eigenvalue weighted by atomic mass is 10.3. The quantitative estimate of drug-likeness (QED) is 0.791. The molecule has 4 nitrogen and oxygen atoms in total. The van der Waals surface area contributed by atoms with Crippen LogP contribution in [0, 0.1) is 0 Å². The fraction of sp³-hybridized carbons (Fsp3) is 0.0909. The number of nitrogens with zero attached hydrogens (tertiary/aromatic N) is 2. The minimum Gasteiger partial charge on any atom is -0.481 e. The molecule has 0 amide bonds. The van der Waals surface area contributed by atoms with Crippen LogP contribution in [0.4, 0.5) is 0 Å². The van der Waals surface area contributed by atoms with Crippen LogP contribution in [0.1, 0.15) is 4.79 Å². The molecule has 8 heteroatoms. The lowest BCUT2D eigenvalue weighted by molar-refractivity contribution is 0.0821. The molecule has 0 saturated carbocycles. The predicted octanol–water partition coefficient (Wildman–Crippen LogP) is 4.33. The van der Waals surface area contributed by atoms with Gasteiger partial charge in [0.2, 0.25) is 0 Å². The monoisotopic (exact) mass is 382 g/mol. The number of carbonyl (C=O) groups is 1. The lowest BCUT2D eigenvalue weighted by Gasteiger charge is -2.09. The van der Waals surface area contributed by atoms with E-state index >= 15 is 0 Å². The van der Waals surface area contributed by atoms with Crippen LogP contribution < -0.4 is 4.74 Å².